The van der Waals surface area contributed by atoms with E-state index in [4.69, 9.17) is 11.6 Å². The number of alkyl halides is 3. The number of hydrogen-bond donors (Lipinski definition) is 1. The largest absolute Gasteiger partial charge is 0.416 e. The highest BCUT2D eigenvalue weighted by Crippen LogP contribution is 2.30. The van der Waals surface area contributed by atoms with Gasteiger partial charge in [-0.25, -0.2) is 0 Å². The van der Waals surface area contributed by atoms with E-state index in [1.165, 1.54) is 6.07 Å². The highest BCUT2D eigenvalue weighted by atomic mass is 35.5. The molecule has 0 radical (unpaired) electrons. The van der Waals surface area contributed by atoms with Gasteiger partial charge in [0.2, 0.25) is 0 Å². The van der Waals surface area contributed by atoms with E-state index in [0.717, 1.165) is 29.1 Å². The summed E-state index contributed by atoms with van der Waals surface area (Å²) in [5, 5.41) is 12.4. The van der Waals surface area contributed by atoms with Gasteiger partial charge in [-0.2, -0.15) is 23.4 Å². The number of anilines is 1. The van der Waals surface area contributed by atoms with Gasteiger partial charge in [-0.3, -0.25) is 14.2 Å². The van der Waals surface area contributed by atoms with Crippen molar-refractivity contribution in [3.05, 3.63) is 98.6 Å². The second-order valence-electron chi connectivity index (χ2n) is 8.70. The molecule has 0 aliphatic carbocycles. The average molecular weight is 516 g/mol. The van der Waals surface area contributed by atoms with Gasteiger partial charge in [-0.1, -0.05) is 35.9 Å². The van der Waals surface area contributed by atoms with E-state index >= 15 is 0 Å². The topological polar surface area (TPSA) is 64.7 Å². The molecule has 0 aliphatic heterocycles. The van der Waals surface area contributed by atoms with E-state index in [1.807, 2.05) is 19.9 Å². The molecule has 36 heavy (non-hydrogen) atoms. The summed E-state index contributed by atoms with van der Waals surface area (Å²) < 4.78 is 42.6. The van der Waals surface area contributed by atoms with Crippen LogP contribution in [0.3, 0.4) is 0 Å². The quantitative estimate of drug-likeness (QED) is 0.326. The molecule has 188 valence electrons. The van der Waals surface area contributed by atoms with Crippen LogP contribution in [0.5, 0.6) is 0 Å². The number of hydrogen-bond acceptors (Lipinski definition) is 3. The number of nitrogens with one attached hydrogen (secondary N) is 1. The Morgan fingerprint density at radius 2 is 1.47 bits per heavy atom. The summed E-state index contributed by atoms with van der Waals surface area (Å²) in [6.07, 6.45) is -4.42. The minimum Gasteiger partial charge on any atom is -0.319 e. The number of halogens is 4. The molecule has 1 amide bonds. The van der Waals surface area contributed by atoms with Gasteiger partial charge in [0.15, 0.2) is 0 Å². The van der Waals surface area contributed by atoms with E-state index in [2.05, 4.69) is 15.5 Å². The molecule has 6 nitrogen and oxygen atoms in total. The van der Waals surface area contributed by atoms with E-state index in [-0.39, 0.29) is 12.5 Å². The van der Waals surface area contributed by atoms with Crippen molar-refractivity contribution in [1.29, 1.82) is 0 Å². The fraction of sp³-hybridized carbons (Fsp3) is 0.269. The van der Waals surface area contributed by atoms with Crippen LogP contribution < -0.4 is 5.32 Å². The normalized spacial score (nSPS) is 11.7. The molecule has 2 heterocycles. The number of aromatic nitrogens is 4. The number of amides is 1. The number of nitrogens with zero attached hydrogens (tertiary/aromatic N) is 4. The lowest BCUT2D eigenvalue weighted by atomic mass is 10.1. The number of carbonyl (C=O) groups is 1. The van der Waals surface area contributed by atoms with Crippen molar-refractivity contribution in [3.63, 3.8) is 0 Å². The van der Waals surface area contributed by atoms with E-state index < -0.39 is 11.7 Å². The lowest BCUT2D eigenvalue weighted by Crippen LogP contribution is -2.14. The monoisotopic (exact) mass is 515 g/mol. The second kappa shape index (κ2) is 9.81. The van der Waals surface area contributed by atoms with Gasteiger partial charge in [0.05, 0.1) is 52.1 Å². The molecule has 0 fully saturated rings. The molecule has 0 unspecified atom stereocenters. The Morgan fingerprint density at radius 3 is 2.08 bits per heavy atom. The van der Waals surface area contributed by atoms with Crippen LogP contribution in [0.2, 0.25) is 5.02 Å². The van der Waals surface area contributed by atoms with Crippen LogP contribution in [0.25, 0.3) is 0 Å². The summed E-state index contributed by atoms with van der Waals surface area (Å²) in [7, 11) is 0. The zero-order valence-electron chi connectivity index (χ0n) is 20.2. The summed E-state index contributed by atoms with van der Waals surface area (Å²) in [6.45, 7) is 7.86. The SMILES string of the molecule is Cc1nn(Cc2cccc(C(=O)Nc3c(C)nn(Cc4cccc(C(F)(F)F)c4)c3C)c2)c(C)c1Cl. The van der Waals surface area contributed by atoms with Gasteiger partial charge in [0, 0.05) is 5.56 Å². The molecule has 2 aromatic carbocycles. The Morgan fingerprint density at radius 1 is 0.889 bits per heavy atom. The van der Waals surface area contributed by atoms with E-state index in [1.54, 1.807) is 47.5 Å². The minimum absolute atomic E-state index is 0.146. The summed E-state index contributed by atoms with van der Waals surface area (Å²) in [5.41, 5.74) is 4.45. The summed E-state index contributed by atoms with van der Waals surface area (Å²) >= 11 is 6.24. The molecule has 10 heteroatoms. The summed E-state index contributed by atoms with van der Waals surface area (Å²) in [6, 6.07) is 12.3. The van der Waals surface area contributed by atoms with Crippen LogP contribution in [0.15, 0.2) is 48.5 Å². The lowest BCUT2D eigenvalue weighted by Gasteiger charge is -2.11. The van der Waals surface area contributed by atoms with Crippen molar-refractivity contribution in [1.82, 2.24) is 19.6 Å². The van der Waals surface area contributed by atoms with Gasteiger partial charge >= 0.3 is 6.18 Å². The lowest BCUT2D eigenvalue weighted by molar-refractivity contribution is -0.137. The Balaban J connectivity index is 1.52. The van der Waals surface area contributed by atoms with Crippen LogP contribution in [0.4, 0.5) is 18.9 Å². The summed E-state index contributed by atoms with van der Waals surface area (Å²) in [4.78, 5) is 13.1. The molecule has 2 aromatic heterocycles. The van der Waals surface area contributed by atoms with Gasteiger partial charge < -0.3 is 5.32 Å². The zero-order chi connectivity index (χ0) is 26.2. The third-order valence-electron chi connectivity index (χ3n) is 6.02. The van der Waals surface area contributed by atoms with Crippen molar-refractivity contribution in [2.24, 2.45) is 0 Å². The predicted molar refractivity (Wildman–Crippen MR) is 132 cm³/mol. The van der Waals surface area contributed by atoms with Crippen molar-refractivity contribution in [2.75, 3.05) is 5.32 Å². The van der Waals surface area contributed by atoms with Gasteiger partial charge in [-0.15, -0.1) is 0 Å². The van der Waals surface area contributed by atoms with Crippen LogP contribution in [-0.2, 0) is 19.3 Å². The minimum atomic E-state index is -4.42. The highest BCUT2D eigenvalue weighted by Gasteiger charge is 2.30. The molecule has 0 bridgehead atoms. The highest BCUT2D eigenvalue weighted by molar-refractivity contribution is 6.31. The van der Waals surface area contributed by atoms with E-state index in [0.29, 0.717) is 39.8 Å². The second-order valence-corrected chi connectivity index (χ2v) is 9.08. The smallest absolute Gasteiger partial charge is 0.319 e. The first-order chi connectivity index (χ1) is 16.9. The third-order valence-corrected chi connectivity index (χ3v) is 6.57. The third kappa shape index (κ3) is 5.31. The zero-order valence-corrected chi connectivity index (χ0v) is 21.0. The molecule has 0 saturated carbocycles. The fourth-order valence-corrected chi connectivity index (χ4v) is 4.18. The van der Waals surface area contributed by atoms with Crippen LogP contribution in [0, 0.1) is 27.7 Å². The predicted octanol–water partition coefficient (Wildman–Crippen LogP) is 6.33. The maximum Gasteiger partial charge on any atom is 0.416 e. The molecule has 0 saturated heterocycles. The van der Waals surface area contributed by atoms with Crippen molar-refractivity contribution >= 4 is 23.2 Å². The van der Waals surface area contributed by atoms with Gasteiger partial charge in [0.25, 0.3) is 5.91 Å². The van der Waals surface area contributed by atoms with Crippen LogP contribution in [-0.4, -0.2) is 25.5 Å². The first-order valence-electron chi connectivity index (χ1n) is 11.2. The Hall–Kier alpha value is -3.59. The first-order valence-corrected chi connectivity index (χ1v) is 11.6. The molecule has 0 aliphatic rings. The standard InChI is InChI=1S/C26H25ClF3N5O/c1-15-23(27)17(3)34(32-15)13-19-7-5-9-21(11-19)25(36)31-24-16(2)33-35(18(24)4)14-20-8-6-10-22(12-20)26(28,29)30/h5-12H,13-14H2,1-4H3,(H,31,36). The molecule has 0 atom stereocenters. The number of aryl methyl sites for hydroxylation is 2. The first kappa shape index (κ1) is 25.5. The average Bonchev–Trinajstić information content (AvgIpc) is 3.22. The molecule has 1 N–H and O–H groups in total. The van der Waals surface area contributed by atoms with Crippen molar-refractivity contribution < 1.29 is 18.0 Å². The molecular formula is C26H25ClF3N5O. The van der Waals surface area contributed by atoms with E-state index in [9.17, 15) is 18.0 Å². The summed E-state index contributed by atoms with van der Waals surface area (Å²) in [5.74, 6) is -0.312. The van der Waals surface area contributed by atoms with Crippen molar-refractivity contribution in [3.8, 4) is 0 Å². The van der Waals surface area contributed by atoms with Crippen molar-refractivity contribution in [2.45, 2.75) is 47.0 Å². The molecular weight excluding hydrogens is 491 g/mol. The molecule has 4 rings (SSSR count). The fourth-order valence-electron chi connectivity index (χ4n) is 4.05. The maximum atomic E-state index is 13.1. The van der Waals surface area contributed by atoms with Gasteiger partial charge in [0.1, 0.15) is 0 Å². The van der Waals surface area contributed by atoms with Gasteiger partial charge in [-0.05, 0) is 63.1 Å². The molecule has 0 spiro atoms. The number of benzene rings is 2. The Bertz CT molecular complexity index is 1440. The maximum absolute atomic E-state index is 13.1. The van der Waals surface area contributed by atoms with Crippen LogP contribution in [0.1, 0.15) is 49.8 Å². The molecule has 4 aromatic rings. The Labute approximate surface area is 211 Å². The number of rotatable bonds is 6. The van der Waals surface area contributed by atoms with Crippen LogP contribution >= 0.6 is 11.6 Å². The number of carbonyl (C=O) groups excluding carboxylic acids is 1. The Kier molecular flexibility index (Phi) is 6.95.